The van der Waals surface area contributed by atoms with E-state index in [1.165, 1.54) is 0 Å². The Labute approximate surface area is 136 Å². The van der Waals surface area contributed by atoms with E-state index < -0.39 is 0 Å². The van der Waals surface area contributed by atoms with Crippen molar-refractivity contribution in [1.82, 2.24) is 19.4 Å². The van der Waals surface area contributed by atoms with Gasteiger partial charge in [-0.25, -0.2) is 4.98 Å². The number of carbonyl (C=O) groups excluding carboxylic acids is 1. The van der Waals surface area contributed by atoms with Gasteiger partial charge in [0.05, 0.1) is 6.20 Å². The molecule has 0 aliphatic carbocycles. The molecule has 6 nitrogen and oxygen atoms in total. The molecule has 23 heavy (non-hydrogen) atoms. The van der Waals surface area contributed by atoms with Crippen LogP contribution in [0, 0.1) is 12.8 Å². The van der Waals surface area contributed by atoms with E-state index in [2.05, 4.69) is 14.5 Å². The number of imidazole rings is 1. The van der Waals surface area contributed by atoms with Gasteiger partial charge in [-0.2, -0.15) is 0 Å². The minimum Gasteiger partial charge on any atom is -0.482 e. The zero-order chi connectivity index (χ0) is 16.1. The molecule has 6 heteroatoms. The lowest BCUT2D eigenvalue weighted by Crippen LogP contribution is -2.41. The molecule has 0 N–H and O–H groups in total. The summed E-state index contributed by atoms with van der Waals surface area (Å²) in [6, 6.07) is 3.60. The van der Waals surface area contributed by atoms with Crippen LogP contribution < -0.4 is 4.74 Å². The van der Waals surface area contributed by atoms with E-state index in [4.69, 9.17) is 4.74 Å². The number of nitrogens with zero attached hydrogens (tertiary/aromatic N) is 4. The van der Waals surface area contributed by atoms with Crippen LogP contribution in [0.1, 0.15) is 18.7 Å². The molecule has 1 amide bonds. The standard InChI is InChI=1S/C17H22N4O2/c1-14-19-7-10-21(14)12-15-4-8-20(9-5-15)17(22)13-23-16-3-2-6-18-11-16/h2-3,6-7,10-11,15H,4-5,8-9,12-13H2,1H3. The summed E-state index contributed by atoms with van der Waals surface area (Å²) in [5.41, 5.74) is 0. The molecule has 1 fully saturated rings. The van der Waals surface area contributed by atoms with Crippen molar-refractivity contribution in [2.24, 2.45) is 5.92 Å². The number of hydrogen-bond donors (Lipinski definition) is 0. The van der Waals surface area contributed by atoms with Crippen LogP contribution >= 0.6 is 0 Å². The van der Waals surface area contributed by atoms with Crippen LogP contribution in [0.15, 0.2) is 36.9 Å². The van der Waals surface area contributed by atoms with E-state index in [0.717, 1.165) is 38.3 Å². The van der Waals surface area contributed by atoms with Crippen LogP contribution in [0.25, 0.3) is 0 Å². The number of amides is 1. The van der Waals surface area contributed by atoms with E-state index in [1.807, 2.05) is 24.2 Å². The minimum atomic E-state index is 0.0473. The molecular formula is C17H22N4O2. The maximum absolute atomic E-state index is 12.2. The third kappa shape index (κ3) is 4.09. The first-order valence-electron chi connectivity index (χ1n) is 8.00. The van der Waals surface area contributed by atoms with E-state index in [0.29, 0.717) is 11.7 Å². The molecule has 3 heterocycles. The van der Waals surface area contributed by atoms with Gasteiger partial charge in [-0.15, -0.1) is 0 Å². The summed E-state index contributed by atoms with van der Waals surface area (Å²) in [6.07, 6.45) is 9.21. The predicted octanol–water partition coefficient (Wildman–Crippen LogP) is 1.90. The number of hydrogen-bond acceptors (Lipinski definition) is 4. The van der Waals surface area contributed by atoms with Crippen molar-refractivity contribution < 1.29 is 9.53 Å². The lowest BCUT2D eigenvalue weighted by atomic mass is 9.96. The van der Waals surface area contributed by atoms with Crippen LogP contribution in [-0.2, 0) is 11.3 Å². The van der Waals surface area contributed by atoms with Crippen LogP contribution in [0.2, 0.25) is 0 Å². The molecule has 0 bridgehead atoms. The fourth-order valence-corrected chi connectivity index (χ4v) is 2.91. The maximum Gasteiger partial charge on any atom is 0.260 e. The number of carbonyl (C=O) groups is 1. The highest BCUT2D eigenvalue weighted by Gasteiger charge is 2.23. The van der Waals surface area contributed by atoms with Gasteiger partial charge in [0.25, 0.3) is 5.91 Å². The van der Waals surface area contributed by atoms with E-state index >= 15 is 0 Å². The first-order valence-corrected chi connectivity index (χ1v) is 8.00. The lowest BCUT2D eigenvalue weighted by Gasteiger charge is -2.32. The van der Waals surface area contributed by atoms with Gasteiger partial charge in [-0.3, -0.25) is 9.78 Å². The van der Waals surface area contributed by atoms with Crippen molar-refractivity contribution in [3.8, 4) is 5.75 Å². The second-order valence-electron chi connectivity index (χ2n) is 5.93. The summed E-state index contributed by atoms with van der Waals surface area (Å²) in [4.78, 5) is 22.3. The SMILES string of the molecule is Cc1nccn1CC1CCN(C(=O)COc2cccnc2)CC1. The molecule has 0 spiro atoms. The normalized spacial score (nSPS) is 15.6. The van der Waals surface area contributed by atoms with Crippen LogP contribution in [0.3, 0.4) is 0 Å². The fraction of sp³-hybridized carbons (Fsp3) is 0.471. The monoisotopic (exact) mass is 314 g/mol. The first-order chi connectivity index (χ1) is 11.2. The lowest BCUT2D eigenvalue weighted by molar-refractivity contribution is -0.134. The van der Waals surface area contributed by atoms with Crippen molar-refractivity contribution in [3.05, 3.63) is 42.7 Å². The van der Waals surface area contributed by atoms with Gasteiger partial charge in [0.1, 0.15) is 11.6 Å². The molecule has 1 aliphatic rings. The summed E-state index contributed by atoms with van der Waals surface area (Å²) in [5, 5.41) is 0. The largest absolute Gasteiger partial charge is 0.482 e. The van der Waals surface area contributed by atoms with Crippen molar-refractivity contribution in [2.75, 3.05) is 19.7 Å². The van der Waals surface area contributed by atoms with Crippen molar-refractivity contribution in [3.63, 3.8) is 0 Å². The highest BCUT2D eigenvalue weighted by molar-refractivity contribution is 5.77. The Hall–Kier alpha value is -2.37. The quantitative estimate of drug-likeness (QED) is 0.846. The highest BCUT2D eigenvalue weighted by atomic mass is 16.5. The Morgan fingerprint density at radius 3 is 2.83 bits per heavy atom. The Bertz CT molecular complexity index is 633. The van der Waals surface area contributed by atoms with Crippen LogP contribution in [0.4, 0.5) is 0 Å². The second kappa shape index (κ2) is 7.26. The van der Waals surface area contributed by atoms with Crippen LogP contribution in [0.5, 0.6) is 5.75 Å². The minimum absolute atomic E-state index is 0.0473. The van der Waals surface area contributed by atoms with Gasteiger partial charge in [-0.05, 0) is 37.8 Å². The first kappa shape index (κ1) is 15.5. The number of ether oxygens (including phenoxy) is 1. The van der Waals surface area contributed by atoms with Gasteiger partial charge in [-0.1, -0.05) is 0 Å². The van der Waals surface area contributed by atoms with Crippen molar-refractivity contribution in [2.45, 2.75) is 26.3 Å². The molecule has 0 aromatic carbocycles. The smallest absolute Gasteiger partial charge is 0.260 e. The zero-order valence-corrected chi connectivity index (χ0v) is 13.4. The molecule has 2 aromatic rings. The fourth-order valence-electron chi connectivity index (χ4n) is 2.91. The van der Waals surface area contributed by atoms with E-state index in [9.17, 15) is 4.79 Å². The molecule has 1 saturated heterocycles. The van der Waals surface area contributed by atoms with E-state index in [-0.39, 0.29) is 12.5 Å². The Kier molecular flexibility index (Phi) is 4.90. The van der Waals surface area contributed by atoms with Crippen LogP contribution in [-0.4, -0.2) is 45.0 Å². The molecule has 1 aliphatic heterocycles. The zero-order valence-electron chi connectivity index (χ0n) is 13.4. The summed E-state index contributed by atoms with van der Waals surface area (Å²) in [5.74, 6) is 2.33. The molecule has 0 radical (unpaired) electrons. The number of aromatic nitrogens is 3. The second-order valence-corrected chi connectivity index (χ2v) is 5.93. The number of likely N-dealkylation sites (tertiary alicyclic amines) is 1. The average molecular weight is 314 g/mol. The Balaban J connectivity index is 1.43. The van der Waals surface area contributed by atoms with Gasteiger partial charge in [0.2, 0.25) is 0 Å². The molecule has 0 atom stereocenters. The van der Waals surface area contributed by atoms with Gasteiger partial charge in [0, 0.05) is 38.2 Å². The number of aryl methyl sites for hydroxylation is 1. The average Bonchev–Trinajstić information content (AvgIpc) is 2.99. The third-order valence-electron chi connectivity index (χ3n) is 4.34. The summed E-state index contributed by atoms with van der Waals surface area (Å²) >= 11 is 0. The summed E-state index contributed by atoms with van der Waals surface area (Å²) in [6.45, 7) is 4.69. The molecule has 2 aromatic heterocycles. The number of pyridine rings is 1. The van der Waals surface area contributed by atoms with Crippen molar-refractivity contribution >= 4 is 5.91 Å². The summed E-state index contributed by atoms with van der Waals surface area (Å²) < 4.78 is 7.67. The number of piperidine rings is 1. The number of rotatable bonds is 5. The predicted molar refractivity (Wildman–Crippen MR) is 86.0 cm³/mol. The molecule has 0 saturated carbocycles. The van der Waals surface area contributed by atoms with Crippen molar-refractivity contribution in [1.29, 1.82) is 0 Å². The van der Waals surface area contributed by atoms with Gasteiger partial charge >= 0.3 is 0 Å². The van der Waals surface area contributed by atoms with E-state index in [1.54, 1.807) is 24.5 Å². The van der Waals surface area contributed by atoms with Gasteiger partial charge < -0.3 is 14.2 Å². The molecule has 3 rings (SSSR count). The molecule has 122 valence electrons. The Morgan fingerprint density at radius 1 is 1.35 bits per heavy atom. The van der Waals surface area contributed by atoms with Gasteiger partial charge in [0.15, 0.2) is 6.61 Å². The molecular weight excluding hydrogens is 292 g/mol. The Morgan fingerprint density at radius 2 is 2.17 bits per heavy atom. The maximum atomic E-state index is 12.2. The molecule has 0 unspecified atom stereocenters. The topological polar surface area (TPSA) is 60.2 Å². The summed E-state index contributed by atoms with van der Waals surface area (Å²) in [7, 11) is 0. The highest BCUT2D eigenvalue weighted by Crippen LogP contribution is 2.20. The third-order valence-corrected chi connectivity index (χ3v) is 4.34.